The highest BCUT2D eigenvalue weighted by Gasteiger charge is 2.32. The van der Waals surface area contributed by atoms with Crippen molar-refractivity contribution in [1.82, 2.24) is 0 Å². The minimum Gasteiger partial charge on any atom is -0.405 e. The molecule has 0 aliphatic heterocycles. The van der Waals surface area contributed by atoms with E-state index in [-0.39, 0.29) is 10.5 Å². The van der Waals surface area contributed by atoms with Crippen LogP contribution in [0.25, 0.3) is 0 Å². The Bertz CT molecular complexity index is 491. The lowest BCUT2D eigenvalue weighted by molar-refractivity contribution is -0.274. The molecule has 1 aromatic carbocycles. The summed E-state index contributed by atoms with van der Waals surface area (Å²) in [7, 11) is -3.55. The Balaban J connectivity index is 3.20. The first-order valence-electron chi connectivity index (χ1n) is 4.16. The van der Waals surface area contributed by atoms with Crippen LogP contribution in [0.1, 0.15) is 5.56 Å². The number of halogens is 3. The highest BCUT2D eigenvalue weighted by molar-refractivity contribution is 7.90. The van der Waals surface area contributed by atoms with E-state index in [0.29, 0.717) is 0 Å². The molecule has 0 aliphatic carbocycles. The van der Waals surface area contributed by atoms with Crippen LogP contribution in [0.2, 0.25) is 0 Å². The summed E-state index contributed by atoms with van der Waals surface area (Å²) in [6.07, 6.45) is -3.92. The van der Waals surface area contributed by atoms with Crippen molar-refractivity contribution < 1.29 is 26.3 Å². The number of hydrogen-bond acceptors (Lipinski definition) is 3. The fourth-order valence-corrected chi connectivity index (χ4v) is 1.68. The van der Waals surface area contributed by atoms with Gasteiger partial charge in [0.25, 0.3) is 0 Å². The maximum atomic E-state index is 12.0. The smallest absolute Gasteiger partial charge is 0.405 e. The van der Waals surface area contributed by atoms with Crippen LogP contribution in [-0.4, -0.2) is 21.0 Å². The molecule has 1 aromatic rings. The summed E-state index contributed by atoms with van der Waals surface area (Å²) in [5.41, 5.74) is 0.213. The van der Waals surface area contributed by atoms with Crippen LogP contribution in [0.15, 0.2) is 23.1 Å². The Morgan fingerprint density at radius 2 is 1.81 bits per heavy atom. The minimum absolute atomic E-state index is 0.211. The third-order valence-corrected chi connectivity index (χ3v) is 2.92. The van der Waals surface area contributed by atoms with Crippen LogP contribution >= 0.6 is 0 Å². The Kier molecular flexibility index (Phi) is 3.18. The molecule has 0 radical (unpaired) electrons. The fraction of sp³-hybridized carbons (Fsp3) is 0.333. The van der Waals surface area contributed by atoms with E-state index in [9.17, 15) is 21.6 Å². The molecule has 0 saturated carbocycles. The summed E-state index contributed by atoms with van der Waals surface area (Å²) < 4.78 is 61.9. The van der Waals surface area contributed by atoms with E-state index < -0.39 is 21.9 Å². The van der Waals surface area contributed by atoms with Crippen LogP contribution in [0.5, 0.6) is 5.75 Å². The first-order chi connectivity index (χ1) is 7.09. The number of aryl methyl sites for hydroxylation is 1. The van der Waals surface area contributed by atoms with Crippen molar-refractivity contribution in [1.29, 1.82) is 0 Å². The summed E-state index contributed by atoms with van der Waals surface area (Å²) in [5.74, 6) is -0.504. The average molecular weight is 254 g/mol. The quantitative estimate of drug-likeness (QED) is 0.813. The lowest BCUT2D eigenvalue weighted by atomic mass is 10.2. The largest absolute Gasteiger partial charge is 0.573 e. The van der Waals surface area contributed by atoms with Crippen LogP contribution in [-0.2, 0) is 9.84 Å². The third-order valence-electron chi connectivity index (χ3n) is 1.81. The molecule has 0 aliphatic rings. The summed E-state index contributed by atoms with van der Waals surface area (Å²) in [5, 5.41) is 0. The molecule has 0 bridgehead atoms. The third kappa shape index (κ3) is 3.41. The van der Waals surface area contributed by atoms with Crippen LogP contribution in [0.3, 0.4) is 0 Å². The molecular formula is C9H9F3O3S. The van der Waals surface area contributed by atoms with Gasteiger partial charge in [0.15, 0.2) is 9.84 Å². The second kappa shape index (κ2) is 3.97. The van der Waals surface area contributed by atoms with Gasteiger partial charge in [-0.15, -0.1) is 13.2 Å². The van der Waals surface area contributed by atoms with E-state index in [1.165, 1.54) is 19.1 Å². The predicted octanol–water partition coefficient (Wildman–Crippen LogP) is 2.30. The highest BCUT2D eigenvalue weighted by atomic mass is 32.2. The van der Waals surface area contributed by atoms with Crippen molar-refractivity contribution in [2.24, 2.45) is 0 Å². The fourth-order valence-electron chi connectivity index (χ4n) is 1.05. The maximum absolute atomic E-state index is 12.0. The number of sulfone groups is 1. The Hall–Kier alpha value is -1.24. The van der Waals surface area contributed by atoms with E-state index in [4.69, 9.17) is 0 Å². The Morgan fingerprint density at radius 1 is 1.25 bits per heavy atom. The number of alkyl halides is 3. The van der Waals surface area contributed by atoms with Crippen molar-refractivity contribution in [3.05, 3.63) is 23.8 Å². The van der Waals surface area contributed by atoms with Crippen molar-refractivity contribution in [3.63, 3.8) is 0 Å². The number of rotatable bonds is 2. The predicted molar refractivity (Wildman–Crippen MR) is 51.0 cm³/mol. The molecule has 1 rings (SSSR count). The second-order valence-electron chi connectivity index (χ2n) is 3.25. The van der Waals surface area contributed by atoms with E-state index in [1.54, 1.807) is 0 Å². The first kappa shape index (κ1) is 12.8. The van der Waals surface area contributed by atoms with Gasteiger partial charge in [-0.2, -0.15) is 0 Å². The summed E-state index contributed by atoms with van der Waals surface area (Å²) >= 11 is 0. The molecule has 16 heavy (non-hydrogen) atoms. The van der Waals surface area contributed by atoms with Gasteiger partial charge >= 0.3 is 6.36 Å². The van der Waals surface area contributed by atoms with E-state index in [2.05, 4.69) is 4.74 Å². The van der Waals surface area contributed by atoms with Gasteiger partial charge in [0.1, 0.15) is 5.75 Å². The van der Waals surface area contributed by atoms with Gasteiger partial charge in [-0.1, -0.05) is 6.07 Å². The Morgan fingerprint density at radius 3 is 2.25 bits per heavy atom. The van der Waals surface area contributed by atoms with Crippen molar-refractivity contribution >= 4 is 9.84 Å². The molecule has 0 heterocycles. The summed E-state index contributed by atoms with van der Waals surface area (Å²) in [4.78, 5) is -0.211. The zero-order valence-corrected chi connectivity index (χ0v) is 9.32. The van der Waals surface area contributed by atoms with Crippen LogP contribution in [0.4, 0.5) is 13.2 Å². The molecule has 0 spiro atoms. The van der Waals surface area contributed by atoms with Crippen molar-refractivity contribution in [2.75, 3.05) is 6.26 Å². The zero-order valence-electron chi connectivity index (χ0n) is 8.50. The summed E-state index contributed by atoms with van der Waals surface area (Å²) in [6.45, 7) is 1.40. The molecule has 0 unspecified atom stereocenters. The van der Waals surface area contributed by atoms with Crippen molar-refractivity contribution in [3.8, 4) is 5.75 Å². The van der Waals surface area contributed by atoms with E-state index in [1.807, 2.05) is 0 Å². The zero-order chi connectivity index (χ0) is 12.6. The van der Waals surface area contributed by atoms with Crippen LogP contribution < -0.4 is 4.74 Å². The minimum atomic E-state index is -4.83. The molecule has 0 atom stereocenters. The Labute approximate surface area is 90.8 Å². The molecule has 7 heteroatoms. The van der Waals surface area contributed by atoms with Gasteiger partial charge in [-0.3, -0.25) is 0 Å². The van der Waals surface area contributed by atoms with Gasteiger partial charge in [0.2, 0.25) is 0 Å². The average Bonchev–Trinajstić information content (AvgIpc) is 2.04. The van der Waals surface area contributed by atoms with Crippen molar-refractivity contribution in [2.45, 2.75) is 18.2 Å². The number of benzene rings is 1. The monoisotopic (exact) mass is 254 g/mol. The molecule has 0 amide bonds. The lowest BCUT2D eigenvalue weighted by Gasteiger charge is -2.12. The first-order valence-corrected chi connectivity index (χ1v) is 6.05. The van der Waals surface area contributed by atoms with Gasteiger partial charge < -0.3 is 4.74 Å². The standard InChI is InChI=1S/C9H9F3O3S/c1-6-3-4-7(16(2,13)14)5-8(6)15-9(10,11)12/h3-5H,1-2H3. The normalized spacial score (nSPS) is 12.6. The number of ether oxygens (including phenoxy) is 1. The van der Waals surface area contributed by atoms with E-state index in [0.717, 1.165) is 12.3 Å². The SMILES string of the molecule is Cc1ccc(S(C)(=O)=O)cc1OC(F)(F)F. The molecule has 3 nitrogen and oxygen atoms in total. The van der Waals surface area contributed by atoms with Gasteiger partial charge in [-0.05, 0) is 24.6 Å². The van der Waals surface area contributed by atoms with Gasteiger partial charge in [0, 0.05) is 6.26 Å². The highest BCUT2D eigenvalue weighted by Crippen LogP contribution is 2.28. The molecular weight excluding hydrogens is 245 g/mol. The maximum Gasteiger partial charge on any atom is 0.573 e. The van der Waals surface area contributed by atoms with E-state index >= 15 is 0 Å². The van der Waals surface area contributed by atoms with Crippen LogP contribution in [0, 0.1) is 6.92 Å². The molecule has 0 N–H and O–H groups in total. The lowest BCUT2D eigenvalue weighted by Crippen LogP contribution is -2.18. The van der Waals surface area contributed by atoms with Gasteiger partial charge in [-0.25, -0.2) is 8.42 Å². The van der Waals surface area contributed by atoms with Gasteiger partial charge in [0.05, 0.1) is 4.90 Å². The molecule has 90 valence electrons. The topological polar surface area (TPSA) is 43.4 Å². The molecule has 0 aromatic heterocycles. The second-order valence-corrected chi connectivity index (χ2v) is 5.26. The summed E-state index contributed by atoms with van der Waals surface area (Å²) in [6, 6.07) is 3.35. The molecule has 0 saturated heterocycles. The number of hydrogen-bond donors (Lipinski definition) is 0. The molecule has 0 fully saturated rings.